The minimum Gasteiger partial charge on any atom is -0.247 e. The van der Waals surface area contributed by atoms with Crippen LogP contribution >= 0.6 is 0 Å². The number of rotatable bonds is 1. The van der Waals surface area contributed by atoms with Crippen molar-refractivity contribution in [1.29, 1.82) is 0 Å². The van der Waals surface area contributed by atoms with Gasteiger partial charge >= 0.3 is 0 Å². The highest BCUT2D eigenvalue weighted by Gasteiger charge is 2.22. The molecule has 1 heteroatoms. The topological polar surface area (TPSA) is 0 Å². The van der Waals surface area contributed by atoms with Crippen molar-refractivity contribution in [2.24, 2.45) is 5.92 Å². The minimum absolute atomic E-state index is 0.388. The summed E-state index contributed by atoms with van der Waals surface area (Å²) in [6.07, 6.45) is 4.84. The normalized spacial score (nSPS) is 36.7. The molecule has 0 spiro atoms. The van der Waals surface area contributed by atoms with Crippen LogP contribution in [-0.2, 0) is 0 Å². The lowest BCUT2D eigenvalue weighted by Crippen LogP contribution is -2.19. The van der Waals surface area contributed by atoms with Crippen LogP contribution in [-0.4, -0.2) is 6.17 Å². The molecule has 2 atom stereocenters. The SMILES string of the molecule is CCC1CCCCC1F. The second-order valence-electron chi connectivity index (χ2n) is 2.97. The van der Waals surface area contributed by atoms with Gasteiger partial charge in [-0.05, 0) is 18.8 Å². The summed E-state index contributed by atoms with van der Waals surface area (Å²) < 4.78 is 12.8. The summed E-state index contributed by atoms with van der Waals surface area (Å²) in [6, 6.07) is 0. The average Bonchev–Trinajstić information content (AvgIpc) is 1.89. The molecule has 0 saturated heterocycles. The minimum atomic E-state index is -0.483. The maximum atomic E-state index is 12.8. The molecule has 2 unspecified atom stereocenters. The smallest absolute Gasteiger partial charge is 0.103 e. The van der Waals surface area contributed by atoms with Crippen LogP contribution in [0.4, 0.5) is 4.39 Å². The van der Waals surface area contributed by atoms with Crippen LogP contribution in [0.5, 0.6) is 0 Å². The van der Waals surface area contributed by atoms with Gasteiger partial charge in [-0.25, -0.2) is 4.39 Å². The first kappa shape index (κ1) is 7.04. The summed E-state index contributed by atoms with van der Waals surface area (Å²) >= 11 is 0. The Morgan fingerprint density at radius 2 is 2.00 bits per heavy atom. The van der Waals surface area contributed by atoms with Crippen LogP contribution in [0, 0.1) is 5.92 Å². The van der Waals surface area contributed by atoms with E-state index < -0.39 is 6.17 Å². The van der Waals surface area contributed by atoms with Crippen LogP contribution in [0.2, 0.25) is 0 Å². The lowest BCUT2D eigenvalue weighted by atomic mass is 9.86. The lowest BCUT2D eigenvalue weighted by Gasteiger charge is -2.23. The van der Waals surface area contributed by atoms with Gasteiger partial charge in [0.25, 0.3) is 0 Å². The first-order chi connectivity index (χ1) is 4.34. The zero-order valence-electron chi connectivity index (χ0n) is 6.07. The molecular weight excluding hydrogens is 115 g/mol. The van der Waals surface area contributed by atoms with Gasteiger partial charge in [0.1, 0.15) is 6.17 Å². The lowest BCUT2D eigenvalue weighted by molar-refractivity contribution is 0.162. The summed E-state index contributed by atoms with van der Waals surface area (Å²) in [5.74, 6) is 0.388. The molecule has 0 aromatic carbocycles. The van der Waals surface area contributed by atoms with E-state index in [1.165, 1.54) is 6.42 Å². The fourth-order valence-electron chi connectivity index (χ4n) is 1.62. The van der Waals surface area contributed by atoms with Crippen LogP contribution in [0.3, 0.4) is 0 Å². The van der Waals surface area contributed by atoms with Crippen molar-refractivity contribution in [3.05, 3.63) is 0 Å². The number of alkyl halides is 1. The Morgan fingerprint density at radius 1 is 1.33 bits per heavy atom. The van der Waals surface area contributed by atoms with Crippen molar-refractivity contribution in [2.45, 2.75) is 45.2 Å². The largest absolute Gasteiger partial charge is 0.247 e. The van der Waals surface area contributed by atoms with E-state index in [4.69, 9.17) is 0 Å². The molecule has 0 heterocycles. The summed E-state index contributed by atoms with van der Waals surface area (Å²) in [5, 5.41) is 0. The molecule has 0 nitrogen and oxygen atoms in total. The fraction of sp³-hybridized carbons (Fsp3) is 1.00. The van der Waals surface area contributed by atoms with Gasteiger partial charge in [-0.3, -0.25) is 0 Å². The van der Waals surface area contributed by atoms with Gasteiger partial charge in [0.05, 0.1) is 0 Å². The Morgan fingerprint density at radius 3 is 2.44 bits per heavy atom. The Hall–Kier alpha value is -0.0700. The maximum Gasteiger partial charge on any atom is 0.103 e. The molecule has 1 aliphatic carbocycles. The highest BCUT2D eigenvalue weighted by atomic mass is 19.1. The third-order valence-corrected chi connectivity index (χ3v) is 2.34. The van der Waals surface area contributed by atoms with Gasteiger partial charge in [-0.15, -0.1) is 0 Å². The molecule has 0 bridgehead atoms. The van der Waals surface area contributed by atoms with E-state index in [0.29, 0.717) is 5.92 Å². The molecule has 1 saturated carbocycles. The third-order valence-electron chi connectivity index (χ3n) is 2.34. The molecule has 0 aromatic rings. The van der Waals surface area contributed by atoms with E-state index in [2.05, 4.69) is 6.92 Å². The molecule has 0 N–H and O–H groups in total. The van der Waals surface area contributed by atoms with Crippen LogP contribution < -0.4 is 0 Å². The van der Waals surface area contributed by atoms with Crippen LogP contribution in [0.25, 0.3) is 0 Å². The van der Waals surface area contributed by atoms with Crippen LogP contribution in [0.1, 0.15) is 39.0 Å². The van der Waals surface area contributed by atoms with Gasteiger partial charge in [-0.1, -0.05) is 26.2 Å². The molecule has 1 aliphatic rings. The third kappa shape index (κ3) is 1.67. The quantitative estimate of drug-likeness (QED) is 0.512. The number of hydrogen-bond acceptors (Lipinski definition) is 0. The maximum absolute atomic E-state index is 12.8. The van der Waals surface area contributed by atoms with Crippen LogP contribution in [0.15, 0.2) is 0 Å². The first-order valence-corrected chi connectivity index (χ1v) is 3.98. The Bertz CT molecular complexity index is 80.6. The van der Waals surface area contributed by atoms with Crippen molar-refractivity contribution in [2.75, 3.05) is 0 Å². The Kier molecular flexibility index (Phi) is 2.49. The molecule has 0 radical (unpaired) electrons. The van der Waals surface area contributed by atoms with Gasteiger partial charge < -0.3 is 0 Å². The molecule has 54 valence electrons. The predicted octanol–water partition coefficient (Wildman–Crippen LogP) is 2.92. The van der Waals surface area contributed by atoms with Crippen molar-refractivity contribution in [1.82, 2.24) is 0 Å². The summed E-state index contributed by atoms with van der Waals surface area (Å²) in [6.45, 7) is 2.09. The zero-order chi connectivity index (χ0) is 6.69. The Balaban J connectivity index is 2.30. The van der Waals surface area contributed by atoms with Gasteiger partial charge in [0.15, 0.2) is 0 Å². The van der Waals surface area contributed by atoms with E-state index in [1.807, 2.05) is 0 Å². The molecule has 1 rings (SSSR count). The first-order valence-electron chi connectivity index (χ1n) is 3.98. The van der Waals surface area contributed by atoms with Crippen molar-refractivity contribution < 1.29 is 4.39 Å². The second kappa shape index (κ2) is 3.19. The van der Waals surface area contributed by atoms with Crippen molar-refractivity contribution in [3.8, 4) is 0 Å². The number of halogens is 1. The Labute approximate surface area is 56.5 Å². The van der Waals surface area contributed by atoms with Gasteiger partial charge in [0.2, 0.25) is 0 Å². The van der Waals surface area contributed by atoms with E-state index in [-0.39, 0.29) is 0 Å². The summed E-state index contributed by atoms with van der Waals surface area (Å²) in [5.41, 5.74) is 0. The molecule has 1 fully saturated rings. The van der Waals surface area contributed by atoms with Crippen molar-refractivity contribution in [3.63, 3.8) is 0 Å². The molecular formula is C8H15F. The van der Waals surface area contributed by atoms with E-state index >= 15 is 0 Å². The highest BCUT2D eigenvalue weighted by molar-refractivity contribution is 4.72. The van der Waals surface area contributed by atoms with Crippen molar-refractivity contribution >= 4 is 0 Å². The highest BCUT2D eigenvalue weighted by Crippen LogP contribution is 2.28. The second-order valence-corrected chi connectivity index (χ2v) is 2.97. The van der Waals surface area contributed by atoms with Gasteiger partial charge in [0, 0.05) is 0 Å². The monoisotopic (exact) mass is 130 g/mol. The molecule has 0 aromatic heterocycles. The zero-order valence-corrected chi connectivity index (χ0v) is 6.07. The number of hydrogen-bond donors (Lipinski definition) is 0. The average molecular weight is 130 g/mol. The molecule has 0 aliphatic heterocycles. The van der Waals surface area contributed by atoms with Gasteiger partial charge in [-0.2, -0.15) is 0 Å². The van der Waals surface area contributed by atoms with E-state index in [0.717, 1.165) is 25.7 Å². The predicted molar refractivity (Wildman–Crippen MR) is 37.1 cm³/mol. The van der Waals surface area contributed by atoms with E-state index in [9.17, 15) is 4.39 Å². The molecule has 9 heavy (non-hydrogen) atoms. The summed E-state index contributed by atoms with van der Waals surface area (Å²) in [7, 11) is 0. The summed E-state index contributed by atoms with van der Waals surface area (Å²) in [4.78, 5) is 0. The fourth-order valence-corrected chi connectivity index (χ4v) is 1.62. The van der Waals surface area contributed by atoms with E-state index in [1.54, 1.807) is 0 Å². The molecule has 0 amide bonds. The standard InChI is InChI=1S/C8H15F/c1-2-7-5-3-4-6-8(7)9/h7-8H,2-6H2,1H3.